The molecule has 1 aromatic heterocycles. The quantitative estimate of drug-likeness (QED) is 0.820. The molecule has 0 aliphatic rings. The van der Waals surface area contributed by atoms with Gasteiger partial charge in [-0.1, -0.05) is 11.6 Å². The number of nitrogens with one attached hydrogen (secondary N) is 1. The third-order valence-corrected chi connectivity index (χ3v) is 3.76. The molecule has 7 heteroatoms. The van der Waals surface area contributed by atoms with Gasteiger partial charge in [0.05, 0.1) is 21.5 Å². The van der Waals surface area contributed by atoms with E-state index < -0.39 is 5.82 Å². The summed E-state index contributed by atoms with van der Waals surface area (Å²) in [6, 6.07) is 7.16. The van der Waals surface area contributed by atoms with Crippen molar-refractivity contribution in [1.29, 1.82) is 0 Å². The van der Waals surface area contributed by atoms with Crippen molar-refractivity contribution in [2.24, 2.45) is 0 Å². The molecule has 2 aromatic rings. The smallest absolute Gasteiger partial charge is 0.265 e. The van der Waals surface area contributed by atoms with Crippen molar-refractivity contribution in [2.75, 3.05) is 25.6 Å². The molecule has 2 rings (SSSR count). The van der Waals surface area contributed by atoms with E-state index in [4.69, 9.17) is 21.1 Å². The first-order valence-electron chi connectivity index (χ1n) is 6.08. The molecule has 0 unspecified atom stereocenters. The average Bonchev–Trinajstić information content (AvgIpc) is 2.88. The number of anilines is 1. The highest BCUT2D eigenvalue weighted by Crippen LogP contribution is 2.28. The molecule has 0 aliphatic heterocycles. The van der Waals surface area contributed by atoms with Gasteiger partial charge in [0.15, 0.2) is 0 Å². The number of halogens is 2. The van der Waals surface area contributed by atoms with Crippen molar-refractivity contribution in [3.05, 3.63) is 45.4 Å². The third kappa shape index (κ3) is 4.42. The summed E-state index contributed by atoms with van der Waals surface area (Å²) in [7, 11) is 1.55. The van der Waals surface area contributed by atoms with E-state index in [-0.39, 0.29) is 11.6 Å². The lowest BCUT2D eigenvalue weighted by Gasteiger charge is -2.12. The van der Waals surface area contributed by atoms with Gasteiger partial charge in [-0.2, -0.15) is 0 Å². The van der Waals surface area contributed by atoms with Crippen molar-refractivity contribution in [3.8, 4) is 5.75 Å². The number of carbonyl (C=O) groups excluding carboxylic acids is 1. The van der Waals surface area contributed by atoms with Gasteiger partial charge in [0.25, 0.3) is 5.91 Å². The van der Waals surface area contributed by atoms with Gasteiger partial charge in [-0.25, -0.2) is 4.39 Å². The van der Waals surface area contributed by atoms with Gasteiger partial charge in [-0.05, 0) is 24.3 Å². The van der Waals surface area contributed by atoms with E-state index >= 15 is 0 Å². The number of methoxy groups -OCH3 is 1. The van der Waals surface area contributed by atoms with Gasteiger partial charge < -0.3 is 14.8 Å². The third-order valence-electron chi connectivity index (χ3n) is 2.53. The maximum absolute atomic E-state index is 13.3. The first-order valence-corrected chi connectivity index (χ1v) is 7.27. The second-order valence-corrected chi connectivity index (χ2v) is 5.75. The Morgan fingerprint density at radius 2 is 2.14 bits per heavy atom. The summed E-state index contributed by atoms with van der Waals surface area (Å²) in [6.07, 6.45) is 0. The van der Waals surface area contributed by atoms with Crippen LogP contribution < -0.4 is 10.1 Å². The molecule has 0 atom stereocenters. The summed E-state index contributed by atoms with van der Waals surface area (Å²) in [6.45, 7) is 0.696. The molecular weight excluding hydrogens is 317 g/mol. The summed E-state index contributed by atoms with van der Waals surface area (Å²) in [5.74, 6) is -0.452. The van der Waals surface area contributed by atoms with E-state index in [1.165, 1.54) is 18.2 Å². The van der Waals surface area contributed by atoms with Gasteiger partial charge >= 0.3 is 0 Å². The standard InChI is InChI=1S/C14H13ClFNO3S/c1-19-6-7-20-11-3-2-9(16)8-10(11)17-14(18)12-4-5-13(15)21-12/h2-5,8H,6-7H2,1H3,(H,17,18). The molecule has 4 nitrogen and oxygen atoms in total. The minimum atomic E-state index is -0.464. The summed E-state index contributed by atoms with van der Waals surface area (Å²) in [4.78, 5) is 12.5. The lowest BCUT2D eigenvalue weighted by Crippen LogP contribution is -2.13. The number of benzene rings is 1. The molecule has 0 aliphatic carbocycles. The van der Waals surface area contributed by atoms with Crippen molar-refractivity contribution in [1.82, 2.24) is 0 Å². The van der Waals surface area contributed by atoms with Crippen molar-refractivity contribution in [3.63, 3.8) is 0 Å². The molecule has 0 bridgehead atoms. The van der Waals surface area contributed by atoms with E-state index in [0.717, 1.165) is 11.3 Å². The van der Waals surface area contributed by atoms with Crippen LogP contribution in [0.5, 0.6) is 5.75 Å². The van der Waals surface area contributed by atoms with Crippen LogP contribution in [-0.2, 0) is 4.74 Å². The van der Waals surface area contributed by atoms with E-state index in [1.54, 1.807) is 19.2 Å². The van der Waals surface area contributed by atoms with Crippen LogP contribution in [0.25, 0.3) is 0 Å². The fourth-order valence-electron chi connectivity index (χ4n) is 1.58. The highest BCUT2D eigenvalue weighted by molar-refractivity contribution is 7.18. The Bertz CT molecular complexity index is 632. The topological polar surface area (TPSA) is 47.6 Å². The number of thiophene rings is 1. The normalized spacial score (nSPS) is 10.4. The summed E-state index contributed by atoms with van der Waals surface area (Å²) >= 11 is 6.93. The number of ether oxygens (including phenoxy) is 2. The number of carbonyl (C=O) groups is 1. The highest BCUT2D eigenvalue weighted by atomic mass is 35.5. The predicted octanol–water partition coefficient (Wildman–Crippen LogP) is 3.82. The van der Waals surface area contributed by atoms with Gasteiger partial charge in [-0.15, -0.1) is 11.3 Å². The molecule has 0 fully saturated rings. The SMILES string of the molecule is COCCOc1ccc(F)cc1NC(=O)c1ccc(Cl)s1. The van der Waals surface area contributed by atoms with Crippen molar-refractivity contribution >= 4 is 34.5 Å². The molecule has 1 heterocycles. The Kier molecular flexibility index (Phi) is 5.55. The summed E-state index contributed by atoms with van der Waals surface area (Å²) in [5, 5.41) is 2.61. The zero-order chi connectivity index (χ0) is 15.2. The van der Waals surface area contributed by atoms with E-state index in [9.17, 15) is 9.18 Å². The van der Waals surface area contributed by atoms with Crippen molar-refractivity contribution < 1.29 is 18.7 Å². The van der Waals surface area contributed by atoms with Gasteiger partial charge in [0, 0.05) is 13.2 Å². The van der Waals surface area contributed by atoms with Crippen molar-refractivity contribution in [2.45, 2.75) is 0 Å². The van der Waals surface area contributed by atoms with Crippen LogP contribution in [0.1, 0.15) is 9.67 Å². The van der Waals surface area contributed by atoms with Crippen LogP contribution in [0.4, 0.5) is 10.1 Å². The Balaban J connectivity index is 2.13. The number of rotatable bonds is 6. The van der Waals surface area contributed by atoms with Crippen LogP contribution in [-0.4, -0.2) is 26.2 Å². The zero-order valence-electron chi connectivity index (χ0n) is 11.2. The summed E-state index contributed by atoms with van der Waals surface area (Å²) in [5.41, 5.74) is 0.264. The lowest BCUT2D eigenvalue weighted by atomic mass is 10.2. The number of hydrogen-bond donors (Lipinski definition) is 1. The van der Waals surface area contributed by atoms with E-state index in [1.807, 2.05) is 0 Å². The fourth-order valence-corrected chi connectivity index (χ4v) is 2.52. The predicted molar refractivity (Wildman–Crippen MR) is 81.1 cm³/mol. The fraction of sp³-hybridized carbons (Fsp3) is 0.214. The summed E-state index contributed by atoms with van der Waals surface area (Å²) < 4.78 is 24.2. The minimum Gasteiger partial charge on any atom is -0.489 e. The van der Waals surface area contributed by atoms with Crippen LogP contribution in [0.2, 0.25) is 4.34 Å². The highest BCUT2D eigenvalue weighted by Gasteiger charge is 2.13. The molecular formula is C14H13ClFNO3S. The van der Waals surface area contributed by atoms with Crippen LogP contribution in [0.15, 0.2) is 30.3 Å². The maximum Gasteiger partial charge on any atom is 0.265 e. The molecule has 0 spiro atoms. The lowest BCUT2D eigenvalue weighted by molar-refractivity contribution is 0.102. The second kappa shape index (κ2) is 7.40. The first kappa shape index (κ1) is 15.8. The first-order chi connectivity index (χ1) is 10.1. The largest absolute Gasteiger partial charge is 0.489 e. The Hall–Kier alpha value is -1.63. The Labute approximate surface area is 130 Å². The molecule has 21 heavy (non-hydrogen) atoms. The monoisotopic (exact) mass is 329 g/mol. The average molecular weight is 330 g/mol. The van der Waals surface area contributed by atoms with E-state index in [2.05, 4.69) is 5.32 Å². The van der Waals surface area contributed by atoms with Gasteiger partial charge in [-0.3, -0.25) is 4.79 Å². The zero-order valence-corrected chi connectivity index (χ0v) is 12.8. The molecule has 0 saturated heterocycles. The molecule has 1 amide bonds. The minimum absolute atomic E-state index is 0.264. The maximum atomic E-state index is 13.3. The second-order valence-electron chi connectivity index (χ2n) is 4.04. The Morgan fingerprint density at radius 1 is 1.33 bits per heavy atom. The number of hydrogen-bond acceptors (Lipinski definition) is 4. The van der Waals surface area contributed by atoms with Crippen LogP contribution >= 0.6 is 22.9 Å². The Morgan fingerprint density at radius 3 is 2.81 bits per heavy atom. The molecule has 0 radical (unpaired) electrons. The van der Waals surface area contributed by atoms with Gasteiger partial charge in [0.1, 0.15) is 18.2 Å². The molecule has 112 valence electrons. The van der Waals surface area contributed by atoms with Crippen LogP contribution in [0.3, 0.4) is 0 Å². The van der Waals surface area contributed by atoms with Gasteiger partial charge in [0.2, 0.25) is 0 Å². The molecule has 1 N–H and O–H groups in total. The number of amides is 1. The van der Waals surface area contributed by atoms with Crippen LogP contribution in [0, 0.1) is 5.82 Å². The van der Waals surface area contributed by atoms with E-state index in [0.29, 0.717) is 28.2 Å². The molecule has 0 saturated carbocycles. The molecule has 1 aromatic carbocycles.